The van der Waals surface area contributed by atoms with Gasteiger partial charge in [-0.15, -0.1) is 22.9 Å². The lowest BCUT2D eigenvalue weighted by atomic mass is 10.1. The monoisotopic (exact) mass is 337 g/mol. The summed E-state index contributed by atoms with van der Waals surface area (Å²) >= 11 is 7.00. The van der Waals surface area contributed by atoms with Crippen molar-refractivity contribution in [2.24, 2.45) is 0 Å². The summed E-state index contributed by atoms with van der Waals surface area (Å²) in [6, 6.07) is 3.52. The van der Waals surface area contributed by atoms with Gasteiger partial charge in [-0.05, 0) is 39.3 Å². The van der Waals surface area contributed by atoms with Crippen LogP contribution in [0, 0.1) is 0 Å². The van der Waals surface area contributed by atoms with Crippen LogP contribution in [0.3, 0.4) is 0 Å². The average Bonchev–Trinajstić information content (AvgIpc) is 2.76. The minimum absolute atomic E-state index is 0.101. The topological polar surface area (TPSA) is 46.6 Å². The van der Waals surface area contributed by atoms with Gasteiger partial charge in [0.2, 0.25) is 0 Å². The molecule has 0 saturated carbocycles. The Hall–Kier alpha value is -0.140. The second-order valence-electron chi connectivity index (χ2n) is 5.65. The van der Waals surface area contributed by atoms with E-state index in [0.717, 1.165) is 4.88 Å². The summed E-state index contributed by atoms with van der Waals surface area (Å²) in [4.78, 5) is 0.999. The van der Waals surface area contributed by atoms with Gasteiger partial charge >= 0.3 is 0 Å². The van der Waals surface area contributed by atoms with Crippen LogP contribution in [0.4, 0.5) is 0 Å². The van der Waals surface area contributed by atoms with Crippen molar-refractivity contribution in [2.45, 2.75) is 43.1 Å². The second-order valence-corrected chi connectivity index (χ2v) is 9.36. The minimum Gasteiger partial charge on any atom is -0.370 e. The van der Waals surface area contributed by atoms with Crippen LogP contribution in [0.15, 0.2) is 16.3 Å². The molecule has 2 heterocycles. The third-order valence-corrected chi connectivity index (χ3v) is 6.72. The molecule has 7 heteroatoms. The predicted molar refractivity (Wildman–Crippen MR) is 82.1 cm³/mol. The third-order valence-electron chi connectivity index (χ3n) is 3.11. The number of thiophene rings is 1. The molecule has 1 saturated heterocycles. The summed E-state index contributed by atoms with van der Waals surface area (Å²) < 4.78 is 33.0. The summed E-state index contributed by atoms with van der Waals surface area (Å²) in [5.74, 6) is 0.502. The quantitative estimate of drug-likeness (QED) is 0.794. The molecular formula is C13H20ClNO3S2. The lowest BCUT2D eigenvalue weighted by molar-refractivity contribution is -0.109. The molecule has 2 rings (SSSR count). The first kappa shape index (κ1) is 16.2. The van der Waals surface area contributed by atoms with E-state index in [0.29, 0.717) is 29.6 Å². The Labute approximate surface area is 129 Å². The second kappa shape index (κ2) is 5.93. The highest BCUT2D eigenvalue weighted by atomic mass is 35.5. The maximum Gasteiger partial charge on any atom is 0.252 e. The molecule has 1 aliphatic heterocycles. The molecule has 4 nitrogen and oxygen atoms in total. The molecule has 0 amide bonds. The number of aryl methyl sites for hydroxylation is 1. The molecule has 0 N–H and O–H groups in total. The van der Waals surface area contributed by atoms with Crippen LogP contribution in [0.1, 0.15) is 25.6 Å². The van der Waals surface area contributed by atoms with E-state index in [1.54, 1.807) is 6.07 Å². The maximum atomic E-state index is 12.7. The first-order chi connectivity index (χ1) is 9.24. The maximum absolute atomic E-state index is 12.7. The molecule has 1 aromatic rings. The number of hydrogen-bond donors (Lipinski definition) is 0. The van der Waals surface area contributed by atoms with Crippen molar-refractivity contribution in [3.8, 4) is 0 Å². The number of halogens is 1. The van der Waals surface area contributed by atoms with E-state index in [4.69, 9.17) is 16.3 Å². The molecule has 0 radical (unpaired) electrons. The lowest BCUT2D eigenvalue weighted by Crippen LogP contribution is -2.53. The number of morpholine rings is 1. The zero-order valence-electron chi connectivity index (χ0n) is 11.9. The van der Waals surface area contributed by atoms with Gasteiger partial charge < -0.3 is 4.74 Å². The molecule has 0 spiro atoms. The Morgan fingerprint density at radius 2 is 2.20 bits per heavy atom. The van der Waals surface area contributed by atoms with Crippen LogP contribution < -0.4 is 0 Å². The van der Waals surface area contributed by atoms with E-state index in [2.05, 4.69) is 0 Å². The van der Waals surface area contributed by atoms with Crippen molar-refractivity contribution in [1.82, 2.24) is 4.31 Å². The smallest absolute Gasteiger partial charge is 0.252 e. The fourth-order valence-corrected chi connectivity index (χ4v) is 5.92. The molecule has 1 aromatic heterocycles. The first-order valence-corrected chi connectivity index (χ1v) is 9.36. The number of hydrogen-bond acceptors (Lipinski definition) is 4. The van der Waals surface area contributed by atoms with Gasteiger partial charge in [0.05, 0.1) is 11.7 Å². The van der Waals surface area contributed by atoms with Crippen molar-refractivity contribution in [2.75, 3.05) is 19.0 Å². The van der Waals surface area contributed by atoms with Crippen LogP contribution in [0.5, 0.6) is 0 Å². The van der Waals surface area contributed by atoms with Crippen LogP contribution in [0.25, 0.3) is 0 Å². The van der Waals surface area contributed by atoms with Gasteiger partial charge in [0, 0.05) is 23.8 Å². The summed E-state index contributed by atoms with van der Waals surface area (Å²) in [7, 11) is -3.43. The first-order valence-electron chi connectivity index (χ1n) is 6.57. The van der Waals surface area contributed by atoms with Crippen LogP contribution in [0.2, 0.25) is 0 Å². The van der Waals surface area contributed by atoms with E-state index in [9.17, 15) is 8.42 Å². The minimum atomic E-state index is -3.43. The predicted octanol–water partition coefficient (Wildman–Crippen LogP) is 2.72. The zero-order valence-corrected chi connectivity index (χ0v) is 14.3. The molecule has 1 unspecified atom stereocenters. The molecular weight excluding hydrogens is 318 g/mol. The van der Waals surface area contributed by atoms with Gasteiger partial charge in [0.1, 0.15) is 4.21 Å². The highest BCUT2D eigenvalue weighted by Gasteiger charge is 2.38. The molecule has 20 heavy (non-hydrogen) atoms. The van der Waals surface area contributed by atoms with Crippen molar-refractivity contribution < 1.29 is 13.2 Å². The summed E-state index contributed by atoms with van der Waals surface area (Å²) in [6.07, 6.45) is 0.600. The number of rotatable bonds is 4. The van der Waals surface area contributed by atoms with Crippen molar-refractivity contribution >= 4 is 33.0 Å². The van der Waals surface area contributed by atoms with E-state index < -0.39 is 15.6 Å². The van der Waals surface area contributed by atoms with Crippen LogP contribution in [-0.4, -0.2) is 43.4 Å². The number of alkyl halides is 1. The highest BCUT2D eigenvalue weighted by Crippen LogP contribution is 2.30. The molecule has 114 valence electrons. The average molecular weight is 338 g/mol. The highest BCUT2D eigenvalue weighted by molar-refractivity contribution is 7.91. The molecule has 1 atom stereocenters. The Morgan fingerprint density at radius 1 is 1.50 bits per heavy atom. The Morgan fingerprint density at radius 3 is 2.80 bits per heavy atom. The number of ether oxygens (including phenoxy) is 1. The van der Waals surface area contributed by atoms with E-state index in [1.807, 2.05) is 26.8 Å². The Kier molecular flexibility index (Phi) is 4.81. The SMILES string of the molecule is CC1CN(S(=O)(=O)c2ccc(CCCl)s2)CC(C)(C)O1. The van der Waals surface area contributed by atoms with E-state index in [1.165, 1.54) is 15.6 Å². The van der Waals surface area contributed by atoms with Gasteiger partial charge in [0.15, 0.2) is 0 Å². The number of sulfonamides is 1. The molecule has 0 aromatic carbocycles. The third kappa shape index (κ3) is 3.54. The van der Waals surface area contributed by atoms with Gasteiger partial charge in [-0.2, -0.15) is 4.31 Å². The van der Waals surface area contributed by atoms with Crippen molar-refractivity contribution in [3.63, 3.8) is 0 Å². The van der Waals surface area contributed by atoms with Gasteiger partial charge in [-0.3, -0.25) is 0 Å². The Bertz CT molecular complexity index is 568. The van der Waals surface area contributed by atoms with Gasteiger partial charge in [-0.1, -0.05) is 0 Å². The molecule has 1 fully saturated rings. The van der Waals surface area contributed by atoms with Crippen molar-refractivity contribution in [1.29, 1.82) is 0 Å². The van der Waals surface area contributed by atoms with Crippen LogP contribution in [-0.2, 0) is 21.2 Å². The summed E-state index contributed by atoms with van der Waals surface area (Å²) in [5.41, 5.74) is -0.457. The molecule has 0 aliphatic carbocycles. The zero-order chi connectivity index (χ0) is 15.0. The largest absolute Gasteiger partial charge is 0.370 e. The number of nitrogens with zero attached hydrogens (tertiary/aromatic N) is 1. The van der Waals surface area contributed by atoms with Gasteiger partial charge in [-0.25, -0.2) is 8.42 Å². The fraction of sp³-hybridized carbons (Fsp3) is 0.692. The summed E-state index contributed by atoms with van der Waals surface area (Å²) in [6.45, 7) is 6.50. The lowest BCUT2D eigenvalue weighted by Gasteiger charge is -2.40. The van der Waals surface area contributed by atoms with Crippen molar-refractivity contribution in [3.05, 3.63) is 17.0 Å². The van der Waals surface area contributed by atoms with E-state index in [-0.39, 0.29) is 6.10 Å². The van der Waals surface area contributed by atoms with Crippen LogP contribution >= 0.6 is 22.9 Å². The molecule has 0 bridgehead atoms. The van der Waals surface area contributed by atoms with Gasteiger partial charge in [0.25, 0.3) is 10.0 Å². The Balaban J connectivity index is 2.24. The van der Waals surface area contributed by atoms with E-state index >= 15 is 0 Å². The molecule has 1 aliphatic rings. The summed E-state index contributed by atoms with van der Waals surface area (Å²) in [5, 5.41) is 0. The standard InChI is InChI=1S/C13H20ClNO3S2/c1-10-8-15(9-13(2,3)18-10)20(16,17)12-5-4-11(19-12)6-7-14/h4-5,10H,6-9H2,1-3H3. The normalized spacial score (nSPS) is 23.9. The fourth-order valence-electron chi connectivity index (χ4n) is 2.43.